The number of methoxy groups -OCH3 is 1. The number of hydrogen-bond acceptors (Lipinski definition) is 5. The molecule has 27 heavy (non-hydrogen) atoms. The van der Waals surface area contributed by atoms with Gasteiger partial charge in [-0.2, -0.15) is 0 Å². The lowest BCUT2D eigenvalue weighted by Gasteiger charge is -2.32. The van der Waals surface area contributed by atoms with Gasteiger partial charge < -0.3 is 15.4 Å². The summed E-state index contributed by atoms with van der Waals surface area (Å²) in [4.78, 5) is 29.1. The Morgan fingerprint density at radius 1 is 1.30 bits per heavy atom. The molecule has 1 aromatic carbocycles. The van der Waals surface area contributed by atoms with Crippen LogP contribution < -0.4 is 15.4 Å². The lowest BCUT2D eigenvalue weighted by molar-refractivity contribution is -0.125. The van der Waals surface area contributed by atoms with Gasteiger partial charge in [-0.1, -0.05) is 12.1 Å². The molecule has 0 spiro atoms. The molecule has 2 aliphatic heterocycles. The Balaban J connectivity index is 1.48. The maximum absolute atomic E-state index is 12.4. The average molecular weight is 374 g/mol. The predicted molar refractivity (Wildman–Crippen MR) is 103 cm³/mol. The number of rotatable bonds is 6. The first kappa shape index (κ1) is 19.6. The fourth-order valence-corrected chi connectivity index (χ4v) is 4.10. The number of hydrogen-bond donors (Lipinski definition) is 2. The van der Waals surface area contributed by atoms with Crippen molar-refractivity contribution in [2.45, 2.75) is 43.9 Å². The third kappa shape index (κ3) is 4.59. The number of fused-ring (bicyclic) bond motifs is 1. The molecule has 0 aromatic heterocycles. The first-order valence-corrected chi connectivity index (χ1v) is 9.59. The van der Waals surface area contributed by atoms with Gasteiger partial charge in [0.2, 0.25) is 11.8 Å². The molecule has 2 heterocycles. The highest BCUT2D eigenvalue weighted by Gasteiger charge is 2.43. The van der Waals surface area contributed by atoms with Gasteiger partial charge in [0.15, 0.2) is 0 Å². The van der Waals surface area contributed by atoms with E-state index in [0.29, 0.717) is 19.5 Å². The highest BCUT2D eigenvalue weighted by Crippen LogP contribution is 2.25. The topological polar surface area (TPSA) is 73.9 Å². The lowest BCUT2D eigenvalue weighted by Crippen LogP contribution is -2.48. The summed E-state index contributed by atoms with van der Waals surface area (Å²) in [7, 11) is 5.72. The zero-order valence-corrected chi connectivity index (χ0v) is 16.4. The molecule has 0 unspecified atom stereocenters. The number of likely N-dealkylation sites (N-methyl/N-ethyl adjacent to an activating group) is 2. The summed E-state index contributed by atoms with van der Waals surface area (Å²) >= 11 is 0. The van der Waals surface area contributed by atoms with Crippen molar-refractivity contribution in [3.05, 3.63) is 29.8 Å². The third-order valence-electron chi connectivity index (χ3n) is 5.85. The van der Waals surface area contributed by atoms with Gasteiger partial charge in [-0.15, -0.1) is 0 Å². The Morgan fingerprint density at radius 3 is 2.74 bits per heavy atom. The Hall–Kier alpha value is -2.12. The molecule has 2 aliphatic rings. The van der Waals surface area contributed by atoms with Crippen molar-refractivity contribution in [3.8, 4) is 5.75 Å². The van der Waals surface area contributed by atoms with E-state index in [-0.39, 0.29) is 29.9 Å². The van der Waals surface area contributed by atoms with Crippen LogP contribution in [0.3, 0.4) is 0 Å². The van der Waals surface area contributed by atoms with Gasteiger partial charge in [0, 0.05) is 38.1 Å². The number of amides is 2. The van der Waals surface area contributed by atoms with Crippen LogP contribution >= 0.6 is 0 Å². The van der Waals surface area contributed by atoms with E-state index in [1.807, 2.05) is 31.3 Å². The van der Waals surface area contributed by atoms with Crippen molar-refractivity contribution >= 4 is 11.8 Å². The molecule has 7 heteroatoms. The molecule has 0 aliphatic carbocycles. The van der Waals surface area contributed by atoms with Crippen LogP contribution in [0, 0.1) is 0 Å². The maximum Gasteiger partial charge on any atom is 0.239 e. The van der Waals surface area contributed by atoms with Crippen LogP contribution in [0.15, 0.2) is 24.3 Å². The monoisotopic (exact) mass is 374 g/mol. The van der Waals surface area contributed by atoms with Crippen LogP contribution in [-0.4, -0.2) is 74.0 Å². The van der Waals surface area contributed by atoms with E-state index < -0.39 is 0 Å². The number of ether oxygens (including phenoxy) is 1. The Bertz CT molecular complexity index is 664. The molecular weight excluding hydrogens is 344 g/mol. The van der Waals surface area contributed by atoms with E-state index in [1.54, 1.807) is 7.11 Å². The van der Waals surface area contributed by atoms with Gasteiger partial charge in [0.1, 0.15) is 11.8 Å². The molecule has 148 valence electrons. The van der Waals surface area contributed by atoms with Crippen LogP contribution in [0.4, 0.5) is 0 Å². The molecule has 2 N–H and O–H groups in total. The van der Waals surface area contributed by atoms with Gasteiger partial charge in [-0.05, 0) is 44.6 Å². The van der Waals surface area contributed by atoms with E-state index >= 15 is 0 Å². The maximum atomic E-state index is 12.4. The summed E-state index contributed by atoms with van der Waals surface area (Å²) in [5.74, 6) is 0.951. The summed E-state index contributed by atoms with van der Waals surface area (Å²) in [5.41, 5.74) is 1.04. The lowest BCUT2D eigenvalue weighted by atomic mass is 10.0. The smallest absolute Gasteiger partial charge is 0.239 e. The number of carbonyl (C=O) groups excluding carboxylic acids is 2. The first-order valence-electron chi connectivity index (χ1n) is 9.59. The molecule has 2 amide bonds. The van der Waals surface area contributed by atoms with Gasteiger partial charge >= 0.3 is 0 Å². The van der Waals surface area contributed by atoms with Crippen LogP contribution in [0.5, 0.6) is 5.75 Å². The van der Waals surface area contributed by atoms with E-state index in [0.717, 1.165) is 30.7 Å². The minimum absolute atomic E-state index is 0.0369. The second-order valence-corrected chi connectivity index (χ2v) is 7.51. The summed E-state index contributed by atoms with van der Waals surface area (Å²) in [6, 6.07) is 8.00. The van der Waals surface area contributed by atoms with Gasteiger partial charge in [-0.3, -0.25) is 19.4 Å². The predicted octanol–water partition coefficient (Wildman–Crippen LogP) is 0.595. The Kier molecular flexibility index (Phi) is 6.34. The molecule has 3 atom stereocenters. The van der Waals surface area contributed by atoms with Crippen LogP contribution in [0.2, 0.25) is 0 Å². The van der Waals surface area contributed by atoms with E-state index in [9.17, 15) is 9.59 Å². The SMILES string of the molecule is COc1ccc(CNC(=O)CC[C@H]2CNC(=O)[C@@H]3[C@H](CCN3C)N2C)cc1. The first-order chi connectivity index (χ1) is 13.0. The molecule has 2 fully saturated rings. The van der Waals surface area contributed by atoms with Crippen LogP contribution in [-0.2, 0) is 16.1 Å². The second-order valence-electron chi connectivity index (χ2n) is 7.51. The van der Waals surface area contributed by atoms with Crippen molar-refractivity contribution in [3.63, 3.8) is 0 Å². The van der Waals surface area contributed by atoms with Crippen molar-refractivity contribution in [1.82, 2.24) is 20.4 Å². The fourth-order valence-electron chi connectivity index (χ4n) is 4.10. The van der Waals surface area contributed by atoms with Gasteiger partial charge in [0.05, 0.1) is 7.11 Å². The highest BCUT2D eigenvalue weighted by atomic mass is 16.5. The van der Waals surface area contributed by atoms with Gasteiger partial charge in [0.25, 0.3) is 0 Å². The van der Waals surface area contributed by atoms with Crippen molar-refractivity contribution in [2.75, 3.05) is 34.3 Å². The standard InChI is InChI=1S/C20H30N4O3/c1-23-11-10-17-19(23)20(26)22-13-15(24(17)2)6-9-18(25)21-12-14-4-7-16(27-3)8-5-14/h4-5,7-8,15,17,19H,6,9-13H2,1-3H3,(H,21,25)(H,22,26)/t15-,17-,19-/m0/s1. The minimum Gasteiger partial charge on any atom is -0.497 e. The second kappa shape index (κ2) is 8.71. The van der Waals surface area contributed by atoms with Crippen molar-refractivity contribution < 1.29 is 14.3 Å². The van der Waals surface area contributed by atoms with Gasteiger partial charge in [-0.25, -0.2) is 0 Å². The molecule has 1 aromatic rings. The Morgan fingerprint density at radius 2 is 2.04 bits per heavy atom. The van der Waals surface area contributed by atoms with Crippen molar-refractivity contribution in [2.24, 2.45) is 0 Å². The molecule has 7 nitrogen and oxygen atoms in total. The number of benzene rings is 1. The number of likely N-dealkylation sites (tertiary alicyclic amines) is 1. The molecular formula is C20H30N4O3. The molecule has 0 bridgehead atoms. The van der Waals surface area contributed by atoms with E-state index in [4.69, 9.17) is 4.74 Å². The zero-order chi connectivity index (χ0) is 19.4. The largest absolute Gasteiger partial charge is 0.497 e. The zero-order valence-electron chi connectivity index (χ0n) is 16.4. The normalized spacial score (nSPS) is 26.2. The van der Waals surface area contributed by atoms with E-state index in [1.165, 1.54) is 0 Å². The summed E-state index contributed by atoms with van der Waals surface area (Å²) in [6.45, 7) is 2.04. The van der Waals surface area contributed by atoms with Crippen LogP contribution in [0.25, 0.3) is 0 Å². The quantitative estimate of drug-likeness (QED) is 0.763. The fraction of sp³-hybridized carbons (Fsp3) is 0.600. The Labute approximate surface area is 161 Å². The minimum atomic E-state index is -0.0797. The van der Waals surface area contributed by atoms with E-state index in [2.05, 4.69) is 27.5 Å². The number of nitrogens with one attached hydrogen (secondary N) is 2. The summed E-state index contributed by atoms with van der Waals surface area (Å²) in [6.07, 6.45) is 2.18. The average Bonchev–Trinajstić information content (AvgIpc) is 3.02. The summed E-state index contributed by atoms with van der Waals surface area (Å²) in [5, 5.41) is 6.03. The molecule has 2 saturated heterocycles. The number of nitrogens with zero attached hydrogens (tertiary/aromatic N) is 2. The molecule has 0 radical (unpaired) electrons. The molecule has 3 rings (SSSR count). The van der Waals surface area contributed by atoms with Crippen molar-refractivity contribution in [1.29, 1.82) is 0 Å². The summed E-state index contributed by atoms with van der Waals surface area (Å²) < 4.78 is 5.14. The number of carbonyl (C=O) groups is 2. The molecule has 0 saturated carbocycles. The van der Waals surface area contributed by atoms with Crippen LogP contribution in [0.1, 0.15) is 24.8 Å². The third-order valence-corrected chi connectivity index (χ3v) is 5.85. The highest BCUT2D eigenvalue weighted by molar-refractivity contribution is 5.83.